The minimum atomic E-state index is -4.56. The largest absolute Gasteiger partial charge is 0.451 e. The average molecular weight is 304 g/mol. The van der Waals surface area contributed by atoms with Gasteiger partial charge in [0, 0.05) is 25.2 Å². The molecular weight excluding hydrogens is 281 g/mol. The van der Waals surface area contributed by atoms with Crippen LogP contribution in [0.15, 0.2) is 6.07 Å². The fraction of sp³-hybridized carbons (Fsp3) is 0.714. The van der Waals surface area contributed by atoms with Gasteiger partial charge in [0.2, 0.25) is 5.82 Å². The Balaban J connectivity index is 3.24. The molecule has 0 fully saturated rings. The Morgan fingerprint density at radius 2 is 1.81 bits per heavy atom. The van der Waals surface area contributed by atoms with Gasteiger partial charge in [-0.25, -0.2) is 9.97 Å². The van der Waals surface area contributed by atoms with Crippen molar-refractivity contribution < 1.29 is 13.2 Å². The van der Waals surface area contributed by atoms with Gasteiger partial charge < -0.3 is 10.2 Å². The van der Waals surface area contributed by atoms with Crippen molar-refractivity contribution in [3.05, 3.63) is 11.9 Å². The van der Waals surface area contributed by atoms with Crippen LogP contribution in [0.2, 0.25) is 0 Å². The fourth-order valence-electron chi connectivity index (χ4n) is 1.62. The minimum absolute atomic E-state index is 0.202. The summed E-state index contributed by atoms with van der Waals surface area (Å²) in [4.78, 5) is 8.99. The third-order valence-corrected chi connectivity index (χ3v) is 3.64. The molecule has 1 aromatic rings. The topological polar surface area (TPSA) is 41.0 Å². The second-order valence-electron chi connectivity index (χ2n) is 5.58. The van der Waals surface area contributed by atoms with Gasteiger partial charge in [-0.15, -0.1) is 0 Å². The highest BCUT2D eigenvalue weighted by Gasteiger charge is 2.36. The van der Waals surface area contributed by atoms with E-state index in [2.05, 4.69) is 15.3 Å². The van der Waals surface area contributed by atoms with Gasteiger partial charge in [-0.3, -0.25) is 0 Å². The maximum Gasteiger partial charge on any atom is 0.451 e. The van der Waals surface area contributed by atoms with Gasteiger partial charge >= 0.3 is 6.18 Å². The van der Waals surface area contributed by atoms with E-state index in [1.165, 1.54) is 0 Å². The molecule has 1 rings (SSSR count). The van der Waals surface area contributed by atoms with Gasteiger partial charge in [0.25, 0.3) is 0 Å². The number of halogens is 3. The zero-order chi connectivity index (χ0) is 16.3. The van der Waals surface area contributed by atoms with Crippen molar-refractivity contribution in [2.75, 3.05) is 23.8 Å². The molecular formula is C14H23F3N4. The summed E-state index contributed by atoms with van der Waals surface area (Å²) in [5.41, 5.74) is -0.292. The summed E-state index contributed by atoms with van der Waals surface area (Å²) in [6.07, 6.45) is -2.97. The highest BCUT2D eigenvalue weighted by atomic mass is 19.4. The second-order valence-corrected chi connectivity index (χ2v) is 5.58. The van der Waals surface area contributed by atoms with E-state index < -0.39 is 12.0 Å². The van der Waals surface area contributed by atoms with E-state index >= 15 is 0 Å². The molecule has 0 radical (unpaired) electrons. The average Bonchev–Trinajstić information content (AvgIpc) is 2.42. The van der Waals surface area contributed by atoms with Crippen LogP contribution in [-0.4, -0.2) is 29.1 Å². The lowest BCUT2D eigenvalue weighted by atomic mass is 10.00. The molecule has 0 saturated heterocycles. The van der Waals surface area contributed by atoms with Crippen LogP contribution in [0, 0.1) is 0 Å². The van der Waals surface area contributed by atoms with Crippen LogP contribution in [0.1, 0.15) is 46.4 Å². The van der Waals surface area contributed by atoms with E-state index in [-0.39, 0.29) is 17.2 Å². The number of nitrogens with zero attached hydrogens (tertiary/aromatic N) is 3. The maximum absolute atomic E-state index is 12.9. The monoisotopic (exact) mass is 304 g/mol. The van der Waals surface area contributed by atoms with Crippen LogP contribution in [0.4, 0.5) is 24.8 Å². The van der Waals surface area contributed by atoms with Crippen LogP contribution in [-0.2, 0) is 6.18 Å². The molecule has 0 saturated carbocycles. The van der Waals surface area contributed by atoms with Crippen LogP contribution in [0.25, 0.3) is 0 Å². The first kappa shape index (κ1) is 17.5. The highest BCUT2D eigenvalue weighted by molar-refractivity contribution is 5.50. The first-order chi connectivity index (χ1) is 9.61. The first-order valence-electron chi connectivity index (χ1n) is 7.05. The number of hydrogen-bond donors (Lipinski definition) is 1. The SMILES string of the molecule is CCCNc1cc(N(C)C(C)(C)CC)nc(C(F)(F)F)n1. The summed E-state index contributed by atoms with van der Waals surface area (Å²) in [6.45, 7) is 8.41. The fourth-order valence-corrected chi connectivity index (χ4v) is 1.62. The summed E-state index contributed by atoms with van der Waals surface area (Å²) in [6, 6.07) is 1.56. The van der Waals surface area contributed by atoms with Gasteiger partial charge in [-0.05, 0) is 26.7 Å². The van der Waals surface area contributed by atoms with Crippen molar-refractivity contribution in [2.24, 2.45) is 0 Å². The third kappa shape index (κ3) is 4.47. The molecule has 0 spiro atoms. The summed E-state index contributed by atoms with van der Waals surface area (Å²) in [7, 11) is 1.75. The van der Waals surface area contributed by atoms with Crippen molar-refractivity contribution in [3.8, 4) is 0 Å². The number of hydrogen-bond acceptors (Lipinski definition) is 4. The van der Waals surface area contributed by atoms with E-state index in [4.69, 9.17) is 0 Å². The molecule has 0 bridgehead atoms. The van der Waals surface area contributed by atoms with Crippen LogP contribution < -0.4 is 10.2 Å². The number of anilines is 2. The standard InChI is InChI=1S/C14H23F3N4/c1-6-8-18-10-9-11(21(5)13(3,4)7-2)20-12(19-10)14(15,16)17/h9H,6-8H2,1-5H3,(H,18,19,20). The number of alkyl halides is 3. The van der Waals surface area contributed by atoms with Gasteiger partial charge in [0.1, 0.15) is 11.6 Å². The van der Waals surface area contributed by atoms with Gasteiger partial charge in [-0.1, -0.05) is 13.8 Å². The van der Waals surface area contributed by atoms with Crippen molar-refractivity contribution in [1.29, 1.82) is 0 Å². The van der Waals surface area contributed by atoms with E-state index in [1.807, 2.05) is 27.7 Å². The van der Waals surface area contributed by atoms with Crippen molar-refractivity contribution >= 4 is 11.6 Å². The molecule has 1 heterocycles. The van der Waals surface area contributed by atoms with Gasteiger partial charge in [0.05, 0.1) is 0 Å². The van der Waals surface area contributed by atoms with Gasteiger partial charge in [0.15, 0.2) is 0 Å². The Bertz CT molecular complexity index is 472. The predicted molar refractivity (Wildman–Crippen MR) is 78.6 cm³/mol. The molecule has 0 aliphatic heterocycles. The number of aromatic nitrogens is 2. The smallest absolute Gasteiger partial charge is 0.370 e. The van der Waals surface area contributed by atoms with E-state index in [1.54, 1.807) is 18.0 Å². The van der Waals surface area contributed by atoms with E-state index in [0.717, 1.165) is 12.8 Å². The lowest BCUT2D eigenvalue weighted by Crippen LogP contribution is -2.41. The zero-order valence-electron chi connectivity index (χ0n) is 13.2. The summed E-state index contributed by atoms with van der Waals surface area (Å²) in [5, 5.41) is 2.89. The molecule has 0 atom stereocenters. The molecule has 0 aliphatic rings. The zero-order valence-corrected chi connectivity index (χ0v) is 13.2. The Morgan fingerprint density at radius 3 is 2.29 bits per heavy atom. The summed E-state index contributed by atoms with van der Waals surface area (Å²) >= 11 is 0. The molecule has 120 valence electrons. The van der Waals surface area contributed by atoms with Crippen LogP contribution >= 0.6 is 0 Å². The molecule has 4 nitrogen and oxygen atoms in total. The summed E-state index contributed by atoms with van der Waals surface area (Å²) < 4.78 is 38.8. The Hall–Kier alpha value is -1.53. The Labute approximate surface area is 123 Å². The molecule has 1 aromatic heterocycles. The van der Waals surface area contributed by atoms with Crippen molar-refractivity contribution in [1.82, 2.24) is 9.97 Å². The van der Waals surface area contributed by atoms with Crippen molar-refractivity contribution in [2.45, 2.75) is 52.3 Å². The molecule has 0 aliphatic carbocycles. The van der Waals surface area contributed by atoms with E-state index in [9.17, 15) is 13.2 Å². The van der Waals surface area contributed by atoms with Crippen LogP contribution in [0.5, 0.6) is 0 Å². The van der Waals surface area contributed by atoms with E-state index in [0.29, 0.717) is 6.54 Å². The summed E-state index contributed by atoms with van der Waals surface area (Å²) in [5.74, 6) is -0.645. The van der Waals surface area contributed by atoms with Gasteiger partial charge in [-0.2, -0.15) is 13.2 Å². The third-order valence-electron chi connectivity index (χ3n) is 3.64. The Kier molecular flexibility index (Phi) is 5.42. The maximum atomic E-state index is 12.9. The molecule has 7 heteroatoms. The molecule has 0 amide bonds. The number of nitrogens with one attached hydrogen (secondary N) is 1. The molecule has 0 unspecified atom stereocenters. The van der Waals surface area contributed by atoms with Crippen LogP contribution in [0.3, 0.4) is 0 Å². The predicted octanol–water partition coefficient (Wildman–Crippen LogP) is 3.94. The molecule has 21 heavy (non-hydrogen) atoms. The minimum Gasteiger partial charge on any atom is -0.370 e. The highest BCUT2D eigenvalue weighted by Crippen LogP contribution is 2.31. The lowest BCUT2D eigenvalue weighted by Gasteiger charge is -2.36. The normalized spacial score (nSPS) is 12.4. The second kappa shape index (κ2) is 6.49. The first-order valence-corrected chi connectivity index (χ1v) is 7.05. The number of rotatable bonds is 6. The quantitative estimate of drug-likeness (QED) is 0.864. The van der Waals surface area contributed by atoms with Crippen molar-refractivity contribution in [3.63, 3.8) is 0 Å². The lowest BCUT2D eigenvalue weighted by molar-refractivity contribution is -0.144. The Morgan fingerprint density at radius 1 is 1.19 bits per heavy atom. The molecule has 1 N–H and O–H groups in total. The molecule has 0 aromatic carbocycles.